The number of nitrogens with zero attached hydrogens (tertiary/aromatic N) is 1. The van der Waals surface area contributed by atoms with Crippen molar-refractivity contribution in [3.63, 3.8) is 0 Å². The largest absolute Gasteiger partial charge is 0.469 e. The number of esters is 1. The van der Waals surface area contributed by atoms with Crippen molar-refractivity contribution in [2.75, 3.05) is 7.11 Å². The Morgan fingerprint density at radius 1 is 1.42 bits per heavy atom. The van der Waals surface area contributed by atoms with Gasteiger partial charge < -0.3 is 4.74 Å². The van der Waals surface area contributed by atoms with Crippen molar-refractivity contribution >= 4 is 18.3 Å². The van der Waals surface area contributed by atoms with Crippen molar-refractivity contribution in [1.82, 2.24) is 0 Å². The molecule has 1 aliphatic heterocycles. The van der Waals surface area contributed by atoms with Crippen LogP contribution < -0.4 is 0 Å². The van der Waals surface area contributed by atoms with Gasteiger partial charge in [0.05, 0.1) is 13.5 Å². The van der Waals surface area contributed by atoms with Crippen molar-refractivity contribution in [2.24, 2.45) is 0 Å². The highest BCUT2D eigenvalue weighted by Crippen LogP contribution is 2.27. The van der Waals surface area contributed by atoms with Crippen LogP contribution in [-0.4, -0.2) is 19.8 Å². The predicted molar refractivity (Wildman–Crippen MR) is 75.7 cm³/mol. The smallest absolute Gasteiger partial charge is 0.309 e. The van der Waals surface area contributed by atoms with Gasteiger partial charge in [-0.1, -0.05) is 36.7 Å². The number of hydrogen-bond acceptors (Lipinski definition) is 3. The van der Waals surface area contributed by atoms with Gasteiger partial charge in [0.1, 0.15) is 0 Å². The second-order valence-corrected chi connectivity index (χ2v) is 4.78. The Labute approximate surface area is 114 Å². The average molecular weight is 253 g/mol. The van der Waals surface area contributed by atoms with E-state index in [0.717, 1.165) is 24.6 Å². The molecule has 1 aromatic rings. The first-order chi connectivity index (χ1) is 9.22. The van der Waals surface area contributed by atoms with Gasteiger partial charge in [0.15, 0.2) is 0 Å². The van der Waals surface area contributed by atoms with Gasteiger partial charge in [-0.25, -0.2) is 5.26 Å². The molecule has 0 saturated carbocycles. The number of nitriles is 1. The molecule has 0 unspecified atom stereocenters. The van der Waals surface area contributed by atoms with Crippen LogP contribution in [0.15, 0.2) is 30.3 Å². The standard InChI is InChI=1S/C15H16BNO2/c1-19-15(18)10-12-2-4-13(5-3-12)14-6-8-16(11-17)9-7-14/h2-6H,7-10H2,1H3. The van der Waals surface area contributed by atoms with Crippen LogP contribution in [0.1, 0.15) is 17.5 Å². The molecule has 0 radical (unpaired) electrons. The topological polar surface area (TPSA) is 50.1 Å². The van der Waals surface area contributed by atoms with Gasteiger partial charge >= 0.3 is 5.97 Å². The van der Waals surface area contributed by atoms with Crippen LogP contribution in [0, 0.1) is 11.2 Å². The zero-order chi connectivity index (χ0) is 13.7. The van der Waals surface area contributed by atoms with E-state index in [1.807, 2.05) is 24.3 Å². The molecular formula is C15H16BNO2. The molecule has 96 valence electrons. The molecule has 1 heterocycles. The predicted octanol–water partition coefficient (Wildman–Crippen LogP) is 2.75. The van der Waals surface area contributed by atoms with Gasteiger partial charge in [-0.15, -0.1) is 0 Å². The number of benzene rings is 1. The molecule has 0 atom stereocenters. The molecule has 0 bridgehead atoms. The van der Waals surface area contributed by atoms with Crippen molar-refractivity contribution in [3.05, 3.63) is 41.5 Å². The molecular weight excluding hydrogens is 237 g/mol. The minimum absolute atomic E-state index is 0.169. The van der Waals surface area contributed by atoms with Crippen LogP contribution >= 0.6 is 0 Å². The third-order valence-electron chi connectivity index (χ3n) is 3.49. The van der Waals surface area contributed by atoms with E-state index >= 15 is 0 Å². The summed E-state index contributed by atoms with van der Waals surface area (Å²) in [5.74, 6) is 2.10. The van der Waals surface area contributed by atoms with Gasteiger partial charge in [-0.05, 0) is 29.4 Å². The van der Waals surface area contributed by atoms with Crippen LogP contribution in [0.2, 0.25) is 12.6 Å². The van der Waals surface area contributed by atoms with Crippen LogP contribution in [0.5, 0.6) is 0 Å². The van der Waals surface area contributed by atoms with Crippen LogP contribution in [-0.2, 0) is 16.0 Å². The molecule has 0 aromatic heterocycles. The maximum absolute atomic E-state index is 11.2. The summed E-state index contributed by atoms with van der Waals surface area (Å²) in [7, 11) is 1.40. The first-order valence-corrected chi connectivity index (χ1v) is 6.47. The van der Waals surface area contributed by atoms with E-state index in [9.17, 15) is 4.79 Å². The highest BCUT2D eigenvalue weighted by Gasteiger charge is 2.18. The summed E-state index contributed by atoms with van der Waals surface area (Å²) in [6.07, 6.45) is 5.20. The number of rotatable bonds is 3. The molecule has 1 aromatic carbocycles. The highest BCUT2D eigenvalue weighted by molar-refractivity contribution is 6.67. The highest BCUT2D eigenvalue weighted by atomic mass is 16.5. The molecule has 0 amide bonds. The molecule has 1 aliphatic rings. The van der Waals surface area contributed by atoms with E-state index in [2.05, 4.69) is 16.8 Å². The Bertz CT molecular complexity index is 528. The SMILES string of the molecule is COC(=O)Cc1ccc(C2=CCB(C#N)CC2)cc1. The molecule has 4 heteroatoms. The summed E-state index contributed by atoms with van der Waals surface area (Å²) in [6.45, 7) is 0.169. The number of carbonyl (C=O) groups is 1. The van der Waals surface area contributed by atoms with Crippen LogP contribution in [0.4, 0.5) is 0 Å². The molecule has 0 aliphatic carbocycles. The fourth-order valence-corrected chi connectivity index (χ4v) is 2.29. The van der Waals surface area contributed by atoms with E-state index in [1.54, 1.807) is 0 Å². The lowest BCUT2D eigenvalue weighted by Crippen LogP contribution is -2.12. The monoisotopic (exact) mass is 253 g/mol. The van der Waals surface area contributed by atoms with Gasteiger partial charge in [-0.3, -0.25) is 4.79 Å². The number of hydrogen-bond donors (Lipinski definition) is 0. The molecule has 0 spiro atoms. The maximum atomic E-state index is 11.2. The normalized spacial score (nSPS) is 14.5. The van der Waals surface area contributed by atoms with Gasteiger partial charge in [0, 0.05) is 5.97 Å². The molecule has 0 N–H and O–H groups in total. The Balaban J connectivity index is 2.05. The minimum Gasteiger partial charge on any atom is -0.469 e. The van der Waals surface area contributed by atoms with E-state index in [-0.39, 0.29) is 12.7 Å². The Morgan fingerprint density at radius 2 is 2.16 bits per heavy atom. The summed E-state index contributed by atoms with van der Waals surface area (Å²) in [6, 6.07) is 8.00. The van der Waals surface area contributed by atoms with Crippen molar-refractivity contribution < 1.29 is 9.53 Å². The molecule has 19 heavy (non-hydrogen) atoms. The first-order valence-electron chi connectivity index (χ1n) is 6.47. The number of ether oxygens (including phenoxy) is 1. The van der Waals surface area contributed by atoms with Crippen molar-refractivity contribution in [2.45, 2.75) is 25.5 Å². The van der Waals surface area contributed by atoms with E-state index in [1.165, 1.54) is 18.2 Å². The summed E-state index contributed by atoms with van der Waals surface area (Å²) in [5, 5.41) is 8.87. The maximum Gasteiger partial charge on any atom is 0.309 e. The molecule has 2 rings (SSSR count). The molecule has 3 nitrogen and oxygen atoms in total. The fourth-order valence-electron chi connectivity index (χ4n) is 2.29. The van der Waals surface area contributed by atoms with E-state index < -0.39 is 0 Å². The fraction of sp³-hybridized carbons (Fsp3) is 0.333. The van der Waals surface area contributed by atoms with Gasteiger partial charge in [0.25, 0.3) is 6.71 Å². The average Bonchev–Trinajstić information content (AvgIpc) is 2.48. The molecule has 0 saturated heterocycles. The van der Waals surface area contributed by atoms with Crippen LogP contribution in [0.3, 0.4) is 0 Å². The summed E-state index contributed by atoms with van der Waals surface area (Å²) in [5.41, 5.74) is 3.45. The Morgan fingerprint density at radius 3 is 2.68 bits per heavy atom. The Kier molecular flexibility index (Phi) is 4.41. The third kappa shape index (κ3) is 3.48. The summed E-state index contributed by atoms with van der Waals surface area (Å²) < 4.78 is 4.64. The zero-order valence-electron chi connectivity index (χ0n) is 11.1. The quantitative estimate of drug-likeness (QED) is 0.614. The van der Waals surface area contributed by atoms with E-state index in [0.29, 0.717) is 6.42 Å². The lowest BCUT2D eigenvalue weighted by Gasteiger charge is -2.15. The number of methoxy groups -OCH3 is 1. The minimum atomic E-state index is -0.221. The van der Waals surface area contributed by atoms with E-state index in [4.69, 9.17) is 5.26 Å². The second kappa shape index (κ2) is 6.24. The van der Waals surface area contributed by atoms with Gasteiger partial charge in [-0.2, -0.15) is 0 Å². The van der Waals surface area contributed by atoms with Crippen molar-refractivity contribution in [1.29, 1.82) is 5.26 Å². The third-order valence-corrected chi connectivity index (χ3v) is 3.49. The Hall–Kier alpha value is -2.02. The van der Waals surface area contributed by atoms with Gasteiger partial charge in [0.2, 0.25) is 0 Å². The van der Waals surface area contributed by atoms with Crippen LogP contribution in [0.25, 0.3) is 5.57 Å². The number of carbonyl (C=O) groups excluding carboxylic acids is 1. The summed E-state index contributed by atoms with van der Waals surface area (Å²) in [4.78, 5) is 11.2. The second-order valence-electron chi connectivity index (χ2n) is 4.78. The zero-order valence-corrected chi connectivity index (χ0v) is 11.1. The lowest BCUT2D eigenvalue weighted by molar-refractivity contribution is -0.139. The molecule has 0 fully saturated rings. The lowest BCUT2D eigenvalue weighted by atomic mass is 9.43. The first kappa shape index (κ1) is 13.4. The summed E-state index contributed by atoms with van der Waals surface area (Å²) >= 11 is 0. The number of allylic oxidation sites excluding steroid dienone is 2. The van der Waals surface area contributed by atoms with Crippen molar-refractivity contribution in [3.8, 4) is 5.97 Å².